The van der Waals surface area contributed by atoms with E-state index in [1.807, 2.05) is 12.1 Å². The van der Waals surface area contributed by atoms with Gasteiger partial charge in [-0.2, -0.15) is 0 Å². The van der Waals surface area contributed by atoms with Crippen molar-refractivity contribution < 1.29 is 18.7 Å². The van der Waals surface area contributed by atoms with Gasteiger partial charge in [0.05, 0.1) is 7.11 Å². The van der Waals surface area contributed by atoms with Gasteiger partial charge in [-0.05, 0) is 55.3 Å². The first kappa shape index (κ1) is 19.4. The van der Waals surface area contributed by atoms with E-state index in [0.717, 1.165) is 5.56 Å². The molecule has 1 N–H and O–H groups in total. The molecule has 0 aliphatic rings. The quantitative estimate of drug-likeness (QED) is 0.675. The third kappa shape index (κ3) is 4.46. The van der Waals surface area contributed by atoms with Gasteiger partial charge in [-0.25, -0.2) is 4.39 Å². The molecule has 1 heterocycles. The number of hydrogen-bond donors (Lipinski definition) is 1. The molecule has 0 bridgehead atoms. The molecule has 0 saturated carbocycles. The van der Waals surface area contributed by atoms with Crippen molar-refractivity contribution in [2.45, 2.75) is 20.5 Å². The number of benzene rings is 2. The van der Waals surface area contributed by atoms with Gasteiger partial charge in [-0.1, -0.05) is 6.07 Å². The molecule has 6 heteroatoms. The number of halogens is 1. The van der Waals surface area contributed by atoms with Crippen LogP contribution in [0, 0.1) is 19.7 Å². The zero-order valence-corrected chi connectivity index (χ0v) is 16.0. The van der Waals surface area contributed by atoms with Crippen LogP contribution in [-0.4, -0.2) is 18.0 Å². The second-order valence-electron chi connectivity index (χ2n) is 6.39. The molecule has 1 amide bonds. The molecule has 0 fully saturated rings. The fourth-order valence-corrected chi connectivity index (χ4v) is 2.79. The monoisotopic (exact) mass is 380 g/mol. The minimum absolute atomic E-state index is 0.299. The minimum Gasteiger partial charge on any atom is -0.493 e. The van der Waals surface area contributed by atoms with Crippen molar-refractivity contribution in [3.05, 3.63) is 82.9 Å². The first-order chi connectivity index (χ1) is 13.5. The highest BCUT2D eigenvalue weighted by atomic mass is 19.1. The van der Waals surface area contributed by atoms with Crippen LogP contribution in [0.3, 0.4) is 0 Å². The lowest BCUT2D eigenvalue weighted by Crippen LogP contribution is -2.13. The Balaban J connectivity index is 1.78. The topological polar surface area (TPSA) is 60.5 Å². The Hall–Kier alpha value is -3.41. The lowest BCUT2D eigenvalue weighted by atomic mass is 10.1. The van der Waals surface area contributed by atoms with Crippen molar-refractivity contribution in [2.75, 3.05) is 12.4 Å². The normalized spacial score (nSPS) is 10.4. The first-order valence-corrected chi connectivity index (χ1v) is 8.75. The molecule has 1 aromatic heterocycles. The molecule has 3 rings (SSSR count). The Morgan fingerprint density at radius 1 is 1.11 bits per heavy atom. The summed E-state index contributed by atoms with van der Waals surface area (Å²) in [6, 6.07) is 11.9. The zero-order valence-electron chi connectivity index (χ0n) is 16.0. The van der Waals surface area contributed by atoms with Crippen LogP contribution < -0.4 is 14.8 Å². The van der Waals surface area contributed by atoms with Gasteiger partial charge < -0.3 is 14.8 Å². The summed E-state index contributed by atoms with van der Waals surface area (Å²) in [4.78, 5) is 16.6. The van der Waals surface area contributed by atoms with Crippen molar-refractivity contribution in [1.29, 1.82) is 0 Å². The number of amides is 1. The average molecular weight is 380 g/mol. The average Bonchev–Trinajstić information content (AvgIpc) is 2.71. The summed E-state index contributed by atoms with van der Waals surface area (Å²) < 4.78 is 25.0. The molecule has 2 aromatic carbocycles. The lowest BCUT2D eigenvalue weighted by Gasteiger charge is -2.13. The Morgan fingerprint density at radius 2 is 1.86 bits per heavy atom. The number of pyridine rings is 1. The van der Waals surface area contributed by atoms with Crippen LogP contribution in [-0.2, 0) is 6.61 Å². The second-order valence-corrected chi connectivity index (χ2v) is 6.39. The van der Waals surface area contributed by atoms with Crippen LogP contribution in [0.2, 0.25) is 0 Å². The number of ether oxygens (including phenoxy) is 2. The summed E-state index contributed by atoms with van der Waals surface area (Å²) in [7, 11) is 1.55. The van der Waals surface area contributed by atoms with Gasteiger partial charge in [0.25, 0.3) is 5.91 Å². The fourth-order valence-electron chi connectivity index (χ4n) is 2.79. The SMILES string of the molecule is COc1ccc(NC(=O)c2cc(C)c(F)c(C)c2)cc1OCc1cccnc1. The Kier molecular flexibility index (Phi) is 5.89. The summed E-state index contributed by atoms with van der Waals surface area (Å²) in [5, 5.41) is 2.81. The highest BCUT2D eigenvalue weighted by Gasteiger charge is 2.13. The van der Waals surface area contributed by atoms with Crippen molar-refractivity contribution >= 4 is 11.6 Å². The fraction of sp³-hybridized carbons (Fsp3) is 0.182. The Labute approximate surface area is 163 Å². The molecule has 0 unspecified atom stereocenters. The van der Waals surface area contributed by atoms with E-state index in [4.69, 9.17) is 9.47 Å². The van der Waals surface area contributed by atoms with Crippen LogP contribution in [0.15, 0.2) is 54.9 Å². The zero-order chi connectivity index (χ0) is 20.1. The predicted octanol–water partition coefficient (Wildman–Crippen LogP) is 4.68. The molecular weight excluding hydrogens is 359 g/mol. The summed E-state index contributed by atoms with van der Waals surface area (Å²) in [6.07, 6.45) is 3.41. The van der Waals surface area contributed by atoms with E-state index in [2.05, 4.69) is 10.3 Å². The molecule has 0 spiro atoms. The van der Waals surface area contributed by atoms with E-state index >= 15 is 0 Å². The molecule has 0 aliphatic carbocycles. The van der Waals surface area contributed by atoms with Crippen molar-refractivity contribution in [3.8, 4) is 11.5 Å². The Morgan fingerprint density at radius 3 is 2.50 bits per heavy atom. The molecule has 0 saturated heterocycles. The van der Waals surface area contributed by atoms with E-state index < -0.39 is 0 Å². The van der Waals surface area contributed by atoms with Crippen LogP contribution in [0.1, 0.15) is 27.0 Å². The maximum Gasteiger partial charge on any atom is 0.255 e. The van der Waals surface area contributed by atoms with Gasteiger partial charge in [-0.15, -0.1) is 0 Å². The molecule has 0 aliphatic heterocycles. The van der Waals surface area contributed by atoms with Crippen molar-refractivity contribution in [1.82, 2.24) is 4.98 Å². The minimum atomic E-state index is -0.324. The standard InChI is InChI=1S/C22H21FN2O3/c1-14-9-17(10-15(2)21(14)23)22(26)25-18-6-7-19(27-3)20(11-18)28-13-16-5-4-8-24-12-16/h4-12H,13H2,1-3H3,(H,25,26). The number of carbonyl (C=O) groups excluding carboxylic acids is 1. The highest BCUT2D eigenvalue weighted by Crippen LogP contribution is 2.31. The Bertz CT molecular complexity index is 967. The van der Waals surface area contributed by atoms with Crippen molar-refractivity contribution in [3.63, 3.8) is 0 Å². The van der Waals surface area contributed by atoms with Crippen LogP contribution in [0.25, 0.3) is 0 Å². The van der Waals surface area contributed by atoms with E-state index in [1.54, 1.807) is 51.6 Å². The number of methoxy groups -OCH3 is 1. The molecule has 144 valence electrons. The number of anilines is 1. The maximum atomic E-state index is 13.8. The lowest BCUT2D eigenvalue weighted by molar-refractivity contribution is 0.102. The van der Waals surface area contributed by atoms with Gasteiger partial charge in [0, 0.05) is 35.3 Å². The van der Waals surface area contributed by atoms with Crippen molar-refractivity contribution in [2.24, 2.45) is 0 Å². The summed E-state index contributed by atoms with van der Waals surface area (Å²) >= 11 is 0. The van der Waals surface area contributed by atoms with Gasteiger partial charge in [0.15, 0.2) is 11.5 Å². The number of carbonyl (C=O) groups is 1. The summed E-state index contributed by atoms with van der Waals surface area (Å²) in [5.74, 6) is 0.424. The number of aromatic nitrogens is 1. The largest absolute Gasteiger partial charge is 0.493 e. The van der Waals surface area contributed by atoms with Gasteiger partial charge in [0.1, 0.15) is 12.4 Å². The predicted molar refractivity (Wildman–Crippen MR) is 105 cm³/mol. The van der Waals surface area contributed by atoms with Crippen LogP contribution in [0.5, 0.6) is 11.5 Å². The van der Waals surface area contributed by atoms with Gasteiger partial charge in [-0.3, -0.25) is 9.78 Å². The highest BCUT2D eigenvalue weighted by molar-refractivity contribution is 6.04. The molecular formula is C22H21FN2O3. The van der Waals surface area contributed by atoms with Crippen LogP contribution in [0.4, 0.5) is 10.1 Å². The van der Waals surface area contributed by atoms with Gasteiger partial charge >= 0.3 is 0 Å². The van der Waals surface area contributed by atoms with E-state index in [-0.39, 0.29) is 11.7 Å². The third-order valence-corrected chi connectivity index (χ3v) is 4.24. The van der Waals surface area contributed by atoms with Gasteiger partial charge in [0.2, 0.25) is 0 Å². The number of nitrogens with one attached hydrogen (secondary N) is 1. The molecule has 28 heavy (non-hydrogen) atoms. The summed E-state index contributed by atoms with van der Waals surface area (Å²) in [6.45, 7) is 3.59. The second kappa shape index (κ2) is 8.52. The molecule has 0 radical (unpaired) electrons. The van der Waals surface area contributed by atoms with E-state index in [0.29, 0.717) is 40.5 Å². The third-order valence-electron chi connectivity index (χ3n) is 4.24. The number of nitrogens with zero attached hydrogens (tertiary/aromatic N) is 1. The molecule has 0 atom stereocenters. The maximum absolute atomic E-state index is 13.8. The number of rotatable bonds is 6. The van der Waals surface area contributed by atoms with Crippen LogP contribution >= 0.6 is 0 Å². The number of aryl methyl sites for hydroxylation is 2. The molecule has 3 aromatic rings. The molecule has 5 nitrogen and oxygen atoms in total. The number of hydrogen-bond acceptors (Lipinski definition) is 4. The first-order valence-electron chi connectivity index (χ1n) is 8.75. The summed E-state index contributed by atoms with van der Waals surface area (Å²) in [5.41, 5.74) is 2.72. The smallest absolute Gasteiger partial charge is 0.255 e. The van der Waals surface area contributed by atoms with E-state index in [9.17, 15) is 9.18 Å². The van der Waals surface area contributed by atoms with E-state index in [1.165, 1.54) is 12.1 Å².